The van der Waals surface area contributed by atoms with Crippen molar-refractivity contribution in [3.8, 4) is 0 Å². The van der Waals surface area contributed by atoms with Crippen molar-refractivity contribution in [1.82, 2.24) is 0 Å². The van der Waals surface area contributed by atoms with Crippen LogP contribution in [-0.4, -0.2) is 7.11 Å². The number of methoxy groups -OCH3 is 1. The van der Waals surface area contributed by atoms with Gasteiger partial charge < -0.3 is 4.74 Å². The molecule has 0 heterocycles. The van der Waals surface area contributed by atoms with E-state index < -0.39 is 0 Å². The zero-order valence-electron chi connectivity index (χ0n) is 7.01. The molecule has 0 aliphatic heterocycles. The van der Waals surface area contributed by atoms with Crippen LogP contribution in [0.1, 0.15) is 18.4 Å². The lowest BCUT2D eigenvalue weighted by molar-refractivity contribution is 0.0789. The Morgan fingerprint density at radius 2 is 2.17 bits per heavy atom. The Labute approximate surface area is 86.3 Å². The van der Waals surface area contributed by atoms with Crippen LogP contribution in [0.4, 0.5) is 0 Å². The Morgan fingerprint density at radius 1 is 1.42 bits per heavy atom. The molecule has 0 radical (unpaired) electrons. The van der Waals surface area contributed by atoms with Crippen molar-refractivity contribution < 1.29 is 4.74 Å². The molecule has 1 aliphatic rings. The maximum Gasteiger partial charge on any atom is 0.0930 e. The maximum atomic E-state index is 5.49. The first kappa shape index (κ1) is 8.51. The van der Waals surface area contributed by atoms with Gasteiger partial charge in [0.1, 0.15) is 0 Å². The number of benzene rings is 1. The van der Waals surface area contributed by atoms with E-state index in [0.717, 1.165) is 0 Å². The van der Waals surface area contributed by atoms with Crippen LogP contribution in [0.25, 0.3) is 0 Å². The van der Waals surface area contributed by atoms with Gasteiger partial charge in [0.05, 0.1) is 5.60 Å². The molecular formula is C10H11IO. The van der Waals surface area contributed by atoms with E-state index in [4.69, 9.17) is 4.74 Å². The first-order chi connectivity index (χ1) is 5.77. The van der Waals surface area contributed by atoms with Gasteiger partial charge in [-0.1, -0.05) is 12.1 Å². The molecule has 0 spiro atoms. The molecule has 2 heteroatoms. The summed E-state index contributed by atoms with van der Waals surface area (Å²) in [6, 6.07) is 8.56. The normalized spacial score (nSPS) is 19.2. The minimum absolute atomic E-state index is 0.0706. The van der Waals surface area contributed by atoms with Gasteiger partial charge in [-0.3, -0.25) is 0 Å². The molecule has 1 saturated carbocycles. The number of hydrogen-bond acceptors (Lipinski definition) is 1. The number of rotatable bonds is 2. The molecule has 12 heavy (non-hydrogen) atoms. The highest BCUT2D eigenvalue weighted by atomic mass is 127. The predicted octanol–water partition coefficient (Wildman–Crippen LogP) is 2.93. The molecule has 1 fully saturated rings. The summed E-state index contributed by atoms with van der Waals surface area (Å²) in [5, 5.41) is 0. The van der Waals surface area contributed by atoms with Crippen LogP contribution < -0.4 is 0 Å². The van der Waals surface area contributed by atoms with Gasteiger partial charge in [0.15, 0.2) is 0 Å². The lowest BCUT2D eigenvalue weighted by Gasteiger charge is -2.13. The van der Waals surface area contributed by atoms with Crippen LogP contribution in [0.2, 0.25) is 0 Å². The third-order valence-electron chi connectivity index (χ3n) is 2.45. The zero-order valence-corrected chi connectivity index (χ0v) is 9.17. The smallest absolute Gasteiger partial charge is 0.0930 e. The zero-order chi connectivity index (χ0) is 8.60. The van der Waals surface area contributed by atoms with E-state index in [1.807, 2.05) is 0 Å². The highest BCUT2D eigenvalue weighted by Gasteiger charge is 2.44. The Morgan fingerprint density at radius 3 is 2.67 bits per heavy atom. The van der Waals surface area contributed by atoms with E-state index in [9.17, 15) is 0 Å². The van der Waals surface area contributed by atoms with Crippen LogP contribution in [0.5, 0.6) is 0 Å². The Balaban J connectivity index is 2.34. The second-order valence-corrected chi connectivity index (χ2v) is 4.45. The lowest BCUT2D eigenvalue weighted by atomic mass is 10.1. The monoisotopic (exact) mass is 274 g/mol. The highest BCUT2D eigenvalue weighted by molar-refractivity contribution is 14.1. The van der Waals surface area contributed by atoms with E-state index in [1.165, 1.54) is 22.0 Å². The molecule has 0 saturated heterocycles. The number of hydrogen-bond donors (Lipinski definition) is 0. The topological polar surface area (TPSA) is 9.23 Å². The summed E-state index contributed by atoms with van der Waals surface area (Å²) in [7, 11) is 1.80. The molecule has 1 nitrogen and oxygen atoms in total. The van der Waals surface area contributed by atoms with E-state index in [-0.39, 0.29) is 5.60 Å². The largest absolute Gasteiger partial charge is 0.374 e. The third kappa shape index (κ3) is 1.38. The predicted molar refractivity (Wildman–Crippen MR) is 57.1 cm³/mol. The fourth-order valence-corrected chi connectivity index (χ4v) is 2.04. The van der Waals surface area contributed by atoms with Crippen molar-refractivity contribution in [3.05, 3.63) is 33.4 Å². The average Bonchev–Trinajstić information content (AvgIpc) is 2.84. The SMILES string of the molecule is COC1(c2cccc(I)c2)CC1. The maximum absolute atomic E-state index is 5.49. The van der Waals surface area contributed by atoms with Gasteiger partial charge in [0.2, 0.25) is 0 Å². The lowest BCUT2D eigenvalue weighted by Crippen LogP contribution is -2.08. The summed E-state index contributed by atoms with van der Waals surface area (Å²) < 4.78 is 6.77. The summed E-state index contributed by atoms with van der Waals surface area (Å²) in [5.41, 5.74) is 1.40. The molecule has 2 rings (SSSR count). The van der Waals surface area contributed by atoms with Crippen LogP contribution in [-0.2, 0) is 10.3 Å². The molecule has 1 aliphatic carbocycles. The van der Waals surface area contributed by atoms with Crippen molar-refractivity contribution >= 4 is 22.6 Å². The summed E-state index contributed by atoms with van der Waals surface area (Å²) in [6.07, 6.45) is 2.34. The van der Waals surface area contributed by atoms with Crippen LogP contribution in [0.3, 0.4) is 0 Å². The van der Waals surface area contributed by atoms with Gasteiger partial charge >= 0.3 is 0 Å². The van der Waals surface area contributed by atoms with Crippen LogP contribution in [0.15, 0.2) is 24.3 Å². The molecule has 1 aromatic carbocycles. The Hall–Kier alpha value is -0.0900. The quantitative estimate of drug-likeness (QED) is 0.753. The fourth-order valence-electron chi connectivity index (χ4n) is 1.50. The molecule has 0 unspecified atom stereocenters. The number of halogens is 1. The van der Waals surface area contributed by atoms with Gasteiger partial charge in [0.25, 0.3) is 0 Å². The summed E-state index contributed by atoms with van der Waals surface area (Å²) in [5.74, 6) is 0. The van der Waals surface area contributed by atoms with Crippen molar-refractivity contribution in [2.75, 3.05) is 7.11 Å². The standard InChI is InChI=1S/C10H11IO/c1-12-10(5-6-10)8-3-2-4-9(11)7-8/h2-4,7H,5-6H2,1H3. The van der Waals surface area contributed by atoms with Gasteiger partial charge in [-0.2, -0.15) is 0 Å². The van der Waals surface area contributed by atoms with Crippen molar-refractivity contribution in [1.29, 1.82) is 0 Å². The van der Waals surface area contributed by atoms with E-state index in [2.05, 4.69) is 46.9 Å². The first-order valence-corrected chi connectivity index (χ1v) is 5.16. The second kappa shape index (κ2) is 3.00. The molecule has 0 amide bonds. The summed E-state index contributed by atoms with van der Waals surface area (Å²) >= 11 is 2.33. The number of ether oxygens (including phenoxy) is 1. The molecule has 64 valence electrons. The van der Waals surface area contributed by atoms with E-state index in [0.29, 0.717) is 0 Å². The molecular weight excluding hydrogens is 263 g/mol. The Bertz CT molecular complexity index is 292. The first-order valence-electron chi connectivity index (χ1n) is 4.08. The van der Waals surface area contributed by atoms with Gasteiger partial charge in [-0.25, -0.2) is 0 Å². The van der Waals surface area contributed by atoms with E-state index >= 15 is 0 Å². The molecule has 0 atom stereocenters. The van der Waals surface area contributed by atoms with E-state index in [1.54, 1.807) is 7.11 Å². The molecule has 0 bridgehead atoms. The van der Waals surface area contributed by atoms with Crippen LogP contribution in [0, 0.1) is 3.57 Å². The summed E-state index contributed by atoms with van der Waals surface area (Å²) in [6.45, 7) is 0. The van der Waals surface area contributed by atoms with Crippen molar-refractivity contribution in [3.63, 3.8) is 0 Å². The minimum atomic E-state index is 0.0706. The molecule has 0 aromatic heterocycles. The average molecular weight is 274 g/mol. The highest BCUT2D eigenvalue weighted by Crippen LogP contribution is 2.48. The Kier molecular flexibility index (Phi) is 2.12. The minimum Gasteiger partial charge on any atom is -0.374 e. The van der Waals surface area contributed by atoms with Crippen molar-refractivity contribution in [2.45, 2.75) is 18.4 Å². The second-order valence-electron chi connectivity index (χ2n) is 3.21. The molecule has 1 aromatic rings. The molecule has 0 N–H and O–H groups in total. The van der Waals surface area contributed by atoms with Crippen molar-refractivity contribution in [2.24, 2.45) is 0 Å². The van der Waals surface area contributed by atoms with Crippen LogP contribution >= 0.6 is 22.6 Å². The van der Waals surface area contributed by atoms with Gasteiger partial charge in [-0.15, -0.1) is 0 Å². The van der Waals surface area contributed by atoms with Gasteiger partial charge in [-0.05, 0) is 53.1 Å². The van der Waals surface area contributed by atoms with Gasteiger partial charge in [0, 0.05) is 10.7 Å². The fraction of sp³-hybridized carbons (Fsp3) is 0.400. The summed E-state index contributed by atoms with van der Waals surface area (Å²) in [4.78, 5) is 0. The third-order valence-corrected chi connectivity index (χ3v) is 3.12.